The third-order valence-electron chi connectivity index (χ3n) is 4.50. The lowest BCUT2D eigenvalue weighted by Crippen LogP contribution is -2.62. The van der Waals surface area contributed by atoms with Crippen molar-refractivity contribution in [2.75, 3.05) is 0 Å². The van der Waals surface area contributed by atoms with Gasteiger partial charge in [-0.05, 0) is 51.9 Å². The van der Waals surface area contributed by atoms with Crippen molar-refractivity contribution >= 4 is 5.97 Å². The van der Waals surface area contributed by atoms with E-state index in [0.717, 1.165) is 12.8 Å². The van der Waals surface area contributed by atoms with E-state index in [0.29, 0.717) is 18.3 Å². The molecule has 0 aromatic carbocycles. The fourth-order valence-corrected chi connectivity index (χ4v) is 3.39. The third-order valence-corrected chi connectivity index (χ3v) is 4.50. The summed E-state index contributed by atoms with van der Waals surface area (Å²) in [5.41, 5.74) is -0.362. The molecule has 2 saturated heterocycles. The van der Waals surface area contributed by atoms with Crippen molar-refractivity contribution in [3.63, 3.8) is 0 Å². The fourth-order valence-electron chi connectivity index (χ4n) is 3.39. The first-order chi connectivity index (χ1) is 8.23. The Hall–Kier alpha value is -0.570. The molecule has 18 heavy (non-hydrogen) atoms. The summed E-state index contributed by atoms with van der Waals surface area (Å²) in [4.78, 5) is 11.8. The maximum Gasteiger partial charge on any atom is 0.306 e. The van der Waals surface area contributed by atoms with Gasteiger partial charge in [-0.1, -0.05) is 13.8 Å². The minimum Gasteiger partial charge on any atom is -0.459 e. The van der Waals surface area contributed by atoms with E-state index in [1.165, 1.54) is 6.42 Å². The Labute approximate surface area is 110 Å². The molecule has 2 aliphatic heterocycles. The predicted octanol–water partition coefficient (Wildman–Crippen LogP) is 3.31. The molecule has 3 fully saturated rings. The van der Waals surface area contributed by atoms with Gasteiger partial charge in [-0.2, -0.15) is 0 Å². The van der Waals surface area contributed by atoms with Crippen LogP contribution in [-0.4, -0.2) is 23.3 Å². The molecule has 2 heterocycles. The van der Waals surface area contributed by atoms with Crippen molar-refractivity contribution in [1.82, 2.24) is 0 Å². The van der Waals surface area contributed by atoms with Gasteiger partial charge >= 0.3 is 5.97 Å². The number of carbonyl (C=O) groups excluding carboxylic acids is 1. The van der Waals surface area contributed by atoms with Crippen LogP contribution in [0.5, 0.6) is 0 Å². The standard InChI is InChI=1S/C15H26O3/c1-10(2)8-13(16)17-12-9-11-6-7-15(12,5)18-14(11,3)4/h10-12H,6-9H2,1-5H3/t11-,12+,15+/m0/s1. The van der Waals surface area contributed by atoms with Crippen LogP contribution in [0.2, 0.25) is 0 Å². The molecule has 3 rings (SSSR count). The number of hydrogen-bond donors (Lipinski definition) is 0. The molecule has 3 heteroatoms. The summed E-state index contributed by atoms with van der Waals surface area (Å²) in [6, 6.07) is 0. The Kier molecular flexibility index (Phi) is 3.48. The highest BCUT2D eigenvalue weighted by atomic mass is 16.6. The maximum atomic E-state index is 11.8. The minimum atomic E-state index is -0.287. The van der Waals surface area contributed by atoms with Gasteiger partial charge in [-0.3, -0.25) is 4.79 Å². The van der Waals surface area contributed by atoms with Gasteiger partial charge in [0, 0.05) is 6.42 Å². The molecule has 0 spiro atoms. The summed E-state index contributed by atoms with van der Waals surface area (Å²) in [6.45, 7) is 10.5. The highest BCUT2D eigenvalue weighted by molar-refractivity contribution is 5.69. The highest BCUT2D eigenvalue weighted by Crippen LogP contribution is 2.50. The average Bonchev–Trinajstić information content (AvgIpc) is 2.17. The quantitative estimate of drug-likeness (QED) is 0.725. The molecule has 0 amide bonds. The van der Waals surface area contributed by atoms with E-state index in [-0.39, 0.29) is 23.3 Å². The molecule has 0 unspecified atom stereocenters. The van der Waals surface area contributed by atoms with Crippen molar-refractivity contribution in [2.24, 2.45) is 11.8 Å². The Morgan fingerprint density at radius 2 is 2.06 bits per heavy atom. The van der Waals surface area contributed by atoms with E-state index in [2.05, 4.69) is 20.8 Å². The summed E-state index contributed by atoms with van der Waals surface area (Å²) in [5.74, 6) is 0.782. The van der Waals surface area contributed by atoms with E-state index in [1.807, 2.05) is 13.8 Å². The van der Waals surface area contributed by atoms with Crippen LogP contribution < -0.4 is 0 Å². The maximum absolute atomic E-state index is 11.8. The van der Waals surface area contributed by atoms with Gasteiger partial charge < -0.3 is 9.47 Å². The molecule has 3 atom stereocenters. The summed E-state index contributed by atoms with van der Waals surface area (Å²) >= 11 is 0. The van der Waals surface area contributed by atoms with Crippen molar-refractivity contribution in [3.05, 3.63) is 0 Å². The number of rotatable bonds is 3. The first kappa shape index (κ1) is 13.9. The van der Waals surface area contributed by atoms with Crippen LogP contribution in [0.3, 0.4) is 0 Å². The van der Waals surface area contributed by atoms with Gasteiger partial charge in [-0.15, -0.1) is 0 Å². The molecule has 0 N–H and O–H groups in total. The van der Waals surface area contributed by atoms with Gasteiger partial charge in [0.15, 0.2) is 0 Å². The Balaban J connectivity index is 2.02. The first-order valence-corrected chi connectivity index (χ1v) is 7.12. The molecule has 1 saturated carbocycles. The summed E-state index contributed by atoms with van der Waals surface area (Å²) in [7, 11) is 0. The SMILES string of the molecule is CC(C)CC(=O)O[C@@H]1C[C@@H]2CC[C@@]1(C)OC2(C)C. The van der Waals surface area contributed by atoms with Crippen LogP contribution in [0, 0.1) is 11.8 Å². The Bertz CT molecular complexity index is 335. The van der Waals surface area contributed by atoms with Gasteiger partial charge in [0.05, 0.1) is 5.60 Å². The van der Waals surface area contributed by atoms with Gasteiger partial charge in [0.1, 0.15) is 11.7 Å². The zero-order chi connectivity index (χ0) is 13.6. The predicted molar refractivity (Wildman–Crippen MR) is 70.2 cm³/mol. The molecule has 0 aromatic rings. The lowest BCUT2D eigenvalue weighted by Gasteiger charge is -2.57. The fraction of sp³-hybridized carbons (Fsp3) is 0.933. The molecular formula is C15H26O3. The van der Waals surface area contributed by atoms with E-state index < -0.39 is 0 Å². The normalized spacial score (nSPS) is 37.9. The summed E-state index contributed by atoms with van der Waals surface area (Å²) in [6.07, 6.45) is 3.58. The van der Waals surface area contributed by atoms with Crippen molar-refractivity contribution in [2.45, 2.75) is 77.6 Å². The van der Waals surface area contributed by atoms with E-state index in [9.17, 15) is 4.79 Å². The Morgan fingerprint density at radius 1 is 1.39 bits per heavy atom. The van der Waals surface area contributed by atoms with E-state index >= 15 is 0 Å². The van der Waals surface area contributed by atoms with Crippen LogP contribution in [-0.2, 0) is 14.3 Å². The van der Waals surface area contributed by atoms with Crippen LogP contribution in [0.1, 0.15) is 60.3 Å². The number of ether oxygens (including phenoxy) is 2. The van der Waals surface area contributed by atoms with E-state index in [4.69, 9.17) is 9.47 Å². The number of carbonyl (C=O) groups is 1. The van der Waals surface area contributed by atoms with Crippen molar-refractivity contribution in [1.29, 1.82) is 0 Å². The highest BCUT2D eigenvalue weighted by Gasteiger charge is 2.55. The molecule has 1 aliphatic carbocycles. The monoisotopic (exact) mass is 254 g/mol. The van der Waals surface area contributed by atoms with Crippen LogP contribution in [0.15, 0.2) is 0 Å². The number of hydrogen-bond acceptors (Lipinski definition) is 3. The molecular weight excluding hydrogens is 228 g/mol. The Morgan fingerprint density at radius 3 is 2.56 bits per heavy atom. The third kappa shape index (κ3) is 2.56. The zero-order valence-corrected chi connectivity index (χ0v) is 12.3. The molecule has 0 radical (unpaired) electrons. The molecule has 3 aliphatic rings. The molecule has 0 aromatic heterocycles. The second-order valence-corrected chi connectivity index (χ2v) is 7.07. The van der Waals surface area contributed by atoms with Crippen molar-refractivity contribution in [3.8, 4) is 0 Å². The smallest absolute Gasteiger partial charge is 0.306 e. The van der Waals surface area contributed by atoms with Crippen LogP contribution >= 0.6 is 0 Å². The van der Waals surface area contributed by atoms with Crippen LogP contribution in [0.25, 0.3) is 0 Å². The van der Waals surface area contributed by atoms with Gasteiger partial charge in [0.25, 0.3) is 0 Å². The summed E-state index contributed by atoms with van der Waals surface area (Å²) < 4.78 is 11.9. The second-order valence-electron chi connectivity index (χ2n) is 7.07. The average molecular weight is 254 g/mol. The van der Waals surface area contributed by atoms with Gasteiger partial charge in [-0.25, -0.2) is 0 Å². The molecule has 3 nitrogen and oxygen atoms in total. The number of fused-ring (bicyclic) bond motifs is 3. The van der Waals surface area contributed by atoms with Crippen LogP contribution in [0.4, 0.5) is 0 Å². The number of esters is 1. The van der Waals surface area contributed by atoms with E-state index in [1.54, 1.807) is 0 Å². The van der Waals surface area contributed by atoms with Crippen molar-refractivity contribution < 1.29 is 14.3 Å². The molecule has 2 bridgehead atoms. The molecule has 104 valence electrons. The minimum absolute atomic E-state index is 0.0597. The van der Waals surface area contributed by atoms with Gasteiger partial charge in [0.2, 0.25) is 0 Å². The lowest BCUT2D eigenvalue weighted by atomic mass is 9.67. The largest absolute Gasteiger partial charge is 0.459 e. The first-order valence-electron chi connectivity index (χ1n) is 7.12. The summed E-state index contributed by atoms with van der Waals surface area (Å²) in [5, 5.41) is 0. The second kappa shape index (κ2) is 4.52. The zero-order valence-electron chi connectivity index (χ0n) is 12.3. The topological polar surface area (TPSA) is 35.5 Å². The lowest BCUT2D eigenvalue weighted by molar-refractivity contribution is -0.278.